The maximum Gasteiger partial charge on any atom is 0.222 e. The van der Waals surface area contributed by atoms with E-state index < -0.39 is 0 Å². The summed E-state index contributed by atoms with van der Waals surface area (Å²) in [5.74, 6) is 0.304. The van der Waals surface area contributed by atoms with Crippen molar-refractivity contribution in [3.05, 3.63) is 0 Å². The fourth-order valence-electron chi connectivity index (χ4n) is 3.86. The minimum Gasteiger partial charge on any atom is -0.344 e. The predicted molar refractivity (Wildman–Crippen MR) is 71.4 cm³/mol. The summed E-state index contributed by atoms with van der Waals surface area (Å²) in [7, 11) is 1.93. The van der Waals surface area contributed by atoms with Crippen LogP contribution in [0.4, 0.5) is 0 Å². The van der Waals surface area contributed by atoms with E-state index in [2.05, 4.69) is 10.2 Å². The Morgan fingerprint density at radius 3 is 2.89 bits per heavy atom. The molecule has 0 aromatic heterocycles. The van der Waals surface area contributed by atoms with Crippen molar-refractivity contribution < 1.29 is 4.79 Å². The van der Waals surface area contributed by atoms with Crippen LogP contribution in [0.5, 0.6) is 0 Å². The van der Waals surface area contributed by atoms with Gasteiger partial charge in [-0.25, -0.2) is 0 Å². The molecule has 0 aromatic rings. The molecule has 3 aliphatic heterocycles. The molecule has 3 atom stereocenters. The quantitative estimate of drug-likeness (QED) is 0.789. The van der Waals surface area contributed by atoms with E-state index >= 15 is 0 Å². The molecule has 102 valence electrons. The Morgan fingerprint density at radius 2 is 2.06 bits per heavy atom. The molecule has 3 rings (SSSR count). The number of nitrogens with one attached hydrogen (secondary N) is 1. The number of nitrogens with zero attached hydrogens (tertiary/aromatic N) is 2. The molecule has 3 saturated heterocycles. The number of hydrogen-bond donors (Lipinski definition) is 1. The van der Waals surface area contributed by atoms with Crippen molar-refractivity contribution in [2.45, 2.75) is 56.7 Å². The molecule has 0 spiro atoms. The highest BCUT2D eigenvalue weighted by Gasteiger charge is 2.33. The molecule has 3 fully saturated rings. The van der Waals surface area contributed by atoms with Crippen molar-refractivity contribution in [2.75, 3.05) is 26.7 Å². The normalized spacial score (nSPS) is 37.9. The van der Waals surface area contributed by atoms with Gasteiger partial charge in [-0.05, 0) is 45.2 Å². The summed E-state index contributed by atoms with van der Waals surface area (Å²) in [6.45, 7) is 3.48. The van der Waals surface area contributed by atoms with E-state index in [0.29, 0.717) is 18.0 Å². The van der Waals surface area contributed by atoms with Crippen LogP contribution in [0.3, 0.4) is 0 Å². The first-order chi connectivity index (χ1) is 8.72. The first kappa shape index (κ1) is 12.4. The maximum atomic E-state index is 11.5. The summed E-state index contributed by atoms with van der Waals surface area (Å²) in [5, 5.41) is 3.80. The summed E-state index contributed by atoms with van der Waals surface area (Å²) >= 11 is 0. The van der Waals surface area contributed by atoms with Gasteiger partial charge in [-0.3, -0.25) is 4.79 Å². The van der Waals surface area contributed by atoms with Crippen molar-refractivity contribution in [1.29, 1.82) is 0 Å². The third-order valence-corrected chi connectivity index (χ3v) is 4.92. The van der Waals surface area contributed by atoms with Crippen LogP contribution in [0.1, 0.15) is 38.5 Å². The van der Waals surface area contributed by atoms with Crippen LogP contribution in [0.2, 0.25) is 0 Å². The fraction of sp³-hybridized carbons (Fsp3) is 0.929. The highest BCUT2D eigenvalue weighted by Crippen LogP contribution is 2.27. The Hall–Kier alpha value is -0.610. The van der Waals surface area contributed by atoms with Gasteiger partial charge in [0.25, 0.3) is 0 Å². The van der Waals surface area contributed by atoms with Crippen molar-refractivity contribution >= 4 is 5.91 Å². The molecule has 18 heavy (non-hydrogen) atoms. The van der Waals surface area contributed by atoms with Crippen molar-refractivity contribution in [3.8, 4) is 0 Å². The largest absolute Gasteiger partial charge is 0.344 e. The van der Waals surface area contributed by atoms with E-state index in [-0.39, 0.29) is 0 Å². The zero-order valence-electron chi connectivity index (χ0n) is 11.4. The molecule has 3 aliphatic rings. The van der Waals surface area contributed by atoms with Gasteiger partial charge >= 0.3 is 0 Å². The van der Waals surface area contributed by atoms with Crippen molar-refractivity contribution in [3.63, 3.8) is 0 Å². The Bertz CT molecular complexity index is 320. The van der Waals surface area contributed by atoms with E-state index in [1.807, 2.05) is 11.9 Å². The van der Waals surface area contributed by atoms with Crippen LogP contribution in [0.15, 0.2) is 0 Å². The summed E-state index contributed by atoms with van der Waals surface area (Å²) in [4.78, 5) is 16.0. The Labute approximate surface area is 110 Å². The van der Waals surface area contributed by atoms with E-state index in [0.717, 1.165) is 25.4 Å². The third-order valence-electron chi connectivity index (χ3n) is 4.92. The lowest BCUT2D eigenvalue weighted by atomic mass is 9.95. The van der Waals surface area contributed by atoms with Crippen LogP contribution in [-0.4, -0.2) is 60.5 Å². The molecular formula is C14H25N3O. The lowest BCUT2D eigenvalue weighted by Crippen LogP contribution is -2.53. The Morgan fingerprint density at radius 1 is 1.17 bits per heavy atom. The summed E-state index contributed by atoms with van der Waals surface area (Å²) in [6.07, 6.45) is 7.11. The second-order valence-electron chi connectivity index (χ2n) is 6.23. The van der Waals surface area contributed by atoms with Gasteiger partial charge in [0.2, 0.25) is 5.91 Å². The molecule has 0 radical (unpaired) electrons. The molecule has 0 saturated carbocycles. The fourth-order valence-corrected chi connectivity index (χ4v) is 3.86. The monoisotopic (exact) mass is 251 g/mol. The van der Waals surface area contributed by atoms with Gasteiger partial charge in [0, 0.05) is 38.1 Å². The summed E-state index contributed by atoms with van der Waals surface area (Å²) in [5.41, 5.74) is 0. The van der Waals surface area contributed by atoms with Crippen LogP contribution in [0, 0.1) is 0 Å². The number of piperidine rings is 2. The Kier molecular flexibility index (Phi) is 3.57. The molecule has 0 bridgehead atoms. The number of rotatable bonds is 2. The van der Waals surface area contributed by atoms with Gasteiger partial charge < -0.3 is 15.1 Å². The maximum absolute atomic E-state index is 11.5. The van der Waals surface area contributed by atoms with E-state index in [9.17, 15) is 4.79 Å². The zero-order chi connectivity index (χ0) is 12.5. The van der Waals surface area contributed by atoms with Crippen LogP contribution < -0.4 is 5.32 Å². The number of hydrogen-bond acceptors (Lipinski definition) is 3. The van der Waals surface area contributed by atoms with E-state index in [1.165, 1.54) is 38.8 Å². The summed E-state index contributed by atoms with van der Waals surface area (Å²) in [6, 6.07) is 2.03. The minimum atomic E-state index is 0.304. The third kappa shape index (κ3) is 2.54. The second kappa shape index (κ2) is 5.17. The van der Waals surface area contributed by atoms with Crippen LogP contribution in [0.25, 0.3) is 0 Å². The highest BCUT2D eigenvalue weighted by atomic mass is 16.2. The second-order valence-corrected chi connectivity index (χ2v) is 6.23. The SMILES string of the molecule is CN1CC(NC2CCN3CCCC3C2)CCC1=O. The molecular weight excluding hydrogens is 226 g/mol. The lowest BCUT2D eigenvalue weighted by molar-refractivity contribution is -0.132. The smallest absolute Gasteiger partial charge is 0.222 e. The lowest BCUT2D eigenvalue weighted by Gasteiger charge is -2.39. The van der Waals surface area contributed by atoms with Gasteiger partial charge in [-0.2, -0.15) is 0 Å². The van der Waals surface area contributed by atoms with Crippen molar-refractivity contribution in [2.24, 2.45) is 0 Å². The zero-order valence-corrected chi connectivity index (χ0v) is 11.4. The van der Waals surface area contributed by atoms with Gasteiger partial charge in [0.05, 0.1) is 0 Å². The minimum absolute atomic E-state index is 0.304. The molecule has 0 aromatic carbocycles. The van der Waals surface area contributed by atoms with Gasteiger partial charge in [-0.1, -0.05) is 0 Å². The predicted octanol–water partition coefficient (Wildman–Crippen LogP) is 0.824. The Balaban J connectivity index is 1.49. The first-order valence-electron chi connectivity index (χ1n) is 7.46. The van der Waals surface area contributed by atoms with Crippen LogP contribution >= 0.6 is 0 Å². The van der Waals surface area contributed by atoms with Gasteiger partial charge in [-0.15, -0.1) is 0 Å². The van der Waals surface area contributed by atoms with Crippen molar-refractivity contribution in [1.82, 2.24) is 15.1 Å². The molecule has 0 aliphatic carbocycles. The van der Waals surface area contributed by atoms with Gasteiger partial charge in [0.15, 0.2) is 0 Å². The standard InChI is InChI=1S/C14H25N3O/c1-16-10-12(4-5-14(16)18)15-11-6-8-17-7-2-3-13(17)9-11/h11-13,15H,2-10H2,1H3. The number of likely N-dealkylation sites (N-methyl/N-ethyl adjacent to an activating group) is 1. The first-order valence-corrected chi connectivity index (χ1v) is 7.46. The average molecular weight is 251 g/mol. The number of carbonyl (C=O) groups excluding carboxylic acids is 1. The number of fused-ring (bicyclic) bond motifs is 1. The van der Waals surface area contributed by atoms with Crippen LogP contribution in [-0.2, 0) is 4.79 Å². The molecule has 1 N–H and O–H groups in total. The number of carbonyl (C=O) groups is 1. The molecule has 1 amide bonds. The average Bonchev–Trinajstić information content (AvgIpc) is 2.81. The van der Waals surface area contributed by atoms with Gasteiger partial charge in [0.1, 0.15) is 0 Å². The topological polar surface area (TPSA) is 35.6 Å². The number of amides is 1. The number of likely N-dealkylation sites (tertiary alicyclic amines) is 1. The highest BCUT2D eigenvalue weighted by molar-refractivity contribution is 5.76. The van der Waals surface area contributed by atoms with E-state index in [4.69, 9.17) is 0 Å². The molecule has 3 heterocycles. The molecule has 4 nitrogen and oxygen atoms in total. The molecule has 4 heteroatoms. The molecule has 3 unspecified atom stereocenters. The summed E-state index contributed by atoms with van der Waals surface area (Å²) < 4.78 is 0. The van der Waals surface area contributed by atoms with E-state index in [1.54, 1.807) is 0 Å².